The molecule has 1 amide bonds. The van der Waals surface area contributed by atoms with Crippen molar-refractivity contribution in [1.82, 2.24) is 0 Å². The highest BCUT2D eigenvalue weighted by molar-refractivity contribution is 5.86. The Balaban J connectivity index is 3.91. The van der Waals surface area contributed by atoms with Crippen LogP contribution in [0.4, 0.5) is 0 Å². The van der Waals surface area contributed by atoms with E-state index >= 15 is 0 Å². The molecule has 1 atom stereocenters. The van der Waals surface area contributed by atoms with Gasteiger partial charge in [0.1, 0.15) is 0 Å². The summed E-state index contributed by atoms with van der Waals surface area (Å²) in [6, 6.07) is 0. The Morgan fingerprint density at radius 3 is 1.46 bits per heavy atom. The molecule has 0 radical (unpaired) electrons. The zero-order valence-corrected chi connectivity index (χ0v) is 17.6. The van der Waals surface area contributed by atoms with E-state index in [0.29, 0.717) is 12.8 Å². The molecule has 0 aliphatic heterocycles. The van der Waals surface area contributed by atoms with Crippen molar-refractivity contribution in [3.63, 3.8) is 0 Å². The third-order valence-electron chi connectivity index (χ3n) is 5.16. The van der Waals surface area contributed by atoms with Crippen molar-refractivity contribution in [2.24, 2.45) is 5.73 Å². The number of amides is 1. The van der Waals surface area contributed by atoms with Gasteiger partial charge in [0, 0.05) is 6.92 Å². The Morgan fingerprint density at radius 1 is 0.692 bits per heavy atom. The highest BCUT2D eigenvalue weighted by atomic mass is 16.6. The molecule has 0 spiro atoms. The predicted octanol–water partition coefficient (Wildman–Crippen LogP) is 6.06. The molecule has 0 aromatic carbocycles. The normalized spacial score (nSPS) is 13.3. The fourth-order valence-corrected chi connectivity index (χ4v) is 3.51. The molecule has 4 heteroatoms. The van der Waals surface area contributed by atoms with Crippen LogP contribution in [0.15, 0.2) is 0 Å². The molecule has 0 heterocycles. The molecule has 154 valence electrons. The first kappa shape index (κ1) is 24.9. The summed E-state index contributed by atoms with van der Waals surface area (Å²) in [5.74, 6) is -0.914. The van der Waals surface area contributed by atoms with Crippen LogP contribution in [0.5, 0.6) is 0 Å². The van der Waals surface area contributed by atoms with Gasteiger partial charge in [-0.05, 0) is 25.7 Å². The number of hydrogen-bond acceptors (Lipinski definition) is 3. The van der Waals surface area contributed by atoms with E-state index in [9.17, 15) is 9.59 Å². The smallest absolute Gasteiger partial charge is 0.303 e. The van der Waals surface area contributed by atoms with Gasteiger partial charge < -0.3 is 10.5 Å². The van der Waals surface area contributed by atoms with Crippen LogP contribution in [-0.2, 0) is 14.3 Å². The van der Waals surface area contributed by atoms with Crippen molar-refractivity contribution in [2.45, 2.75) is 129 Å². The molecule has 0 saturated heterocycles. The van der Waals surface area contributed by atoms with Gasteiger partial charge in [-0.3, -0.25) is 9.59 Å². The van der Waals surface area contributed by atoms with Crippen molar-refractivity contribution in [3.05, 3.63) is 0 Å². The summed E-state index contributed by atoms with van der Waals surface area (Å²) < 4.78 is 5.39. The average Bonchev–Trinajstić information content (AvgIpc) is 2.59. The number of primary amides is 1. The van der Waals surface area contributed by atoms with E-state index in [1.807, 2.05) is 0 Å². The van der Waals surface area contributed by atoms with Crippen LogP contribution in [0, 0.1) is 0 Å². The van der Waals surface area contributed by atoms with E-state index in [0.717, 1.165) is 25.7 Å². The Hall–Kier alpha value is -1.06. The van der Waals surface area contributed by atoms with E-state index in [2.05, 4.69) is 13.8 Å². The number of unbranched alkanes of at least 4 members (excludes halogenated alkanes) is 12. The van der Waals surface area contributed by atoms with Crippen LogP contribution in [-0.4, -0.2) is 17.5 Å². The number of ether oxygens (including phenoxy) is 1. The lowest BCUT2D eigenvalue weighted by Crippen LogP contribution is -2.47. The van der Waals surface area contributed by atoms with Gasteiger partial charge >= 0.3 is 5.97 Å². The van der Waals surface area contributed by atoms with E-state index in [1.54, 1.807) is 0 Å². The molecular weight excluding hydrogens is 326 g/mol. The van der Waals surface area contributed by atoms with Gasteiger partial charge in [0.05, 0.1) is 0 Å². The summed E-state index contributed by atoms with van der Waals surface area (Å²) in [5, 5.41) is 0. The fourth-order valence-electron chi connectivity index (χ4n) is 3.51. The lowest BCUT2D eigenvalue weighted by molar-refractivity contribution is -0.167. The topological polar surface area (TPSA) is 69.4 Å². The van der Waals surface area contributed by atoms with Crippen LogP contribution in [0.25, 0.3) is 0 Å². The molecule has 0 aromatic heterocycles. The van der Waals surface area contributed by atoms with Crippen LogP contribution in [0.1, 0.15) is 124 Å². The van der Waals surface area contributed by atoms with Gasteiger partial charge in [-0.15, -0.1) is 0 Å². The SMILES string of the molecule is CCCCCCCCCCCCCCC(CCCC)(OC(C)=O)C(N)=O. The summed E-state index contributed by atoms with van der Waals surface area (Å²) in [4.78, 5) is 23.4. The quantitative estimate of drug-likeness (QED) is 0.236. The van der Waals surface area contributed by atoms with Gasteiger partial charge in [0.15, 0.2) is 5.60 Å². The minimum Gasteiger partial charge on any atom is -0.449 e. The van der Waals surface area contributed by atoms with Crippen molar-refractivity contribution in [1.29, 1.82) is 0 Å². The van der Waals surface area contributed by atoms with Crippen LogP contribution < -0.4 is 5.73 Å². The van der Waals surface area contributed by atoms with Gasteiger partial charge in [-0.2, -0.15) is 0 Å². The first-order chi connectivity index (χ1) is 12.5. The Bertz CT molecular complexity index is 370. The predicted molar refractivity (Wildman–Crippen MR) is 109 cm³/mol. The molecular formula is C22H43NO3. The Kier molecular flexibility index (Phi) is 15.5. The summed E-state index contributed by atoms with van der Waals surface area (Å²) in [6.45, 7) is 5.67. The molecule has 0 aliphatic rings. The molecule has 0 bridgehead atoms. The molecule has 0 rings (SSSR count). The number of carbonyl (C=O) groups is 2. The largest absolute Gasteiger partial charge is 0.449 e. The maximum absolute atomic E-state index is 11.9. The molecule has 0 aromatic rings. The molecule has 2 N–H and O–H groups in total. The van der Waals surface area contributed by atoms with E-state index < -0.39 is 17.5 Å². The van der Waals surface area contributed by atoms with E-state index in [-0.39, 0.29) is 0 Å². The molecule has 0 saturated carbocycles. The van der Waals surface area contributed by atoms with Crippen LogP contribution in [0.2, 0.25) is 0 Å². The minimum absolute atomic E-state index is 0.418. The number of hydrogen-bond donors (Lipinski definition) is 1. The summed E-state index contributed by atoms with van der Waals surface area (Å²) in [6.07, 6.45) is 18.1. The van der Waals surface area contributed by atoms with Crippen molar-refractivity contribution >= 4 is 11.9 Å². The maximum atomic E-state index is 11.9. The minimum atomic E-state index is -1.10. The third kappa shape index (κ3) is 12.3. The summed E-state index contributed by atoms with van der Waals surface area (Å²) in [7, 11) is 0. The van der Waals surface area contributed by atoms with Gasteiger partial charge in [-0.25, -0.2) is 0 Å². The van der Waals surface area contributed by atoms with Crippen molar-refractivity contribution in [3.8, 4) is 0 Å². The number of rotatable bonds is 18. The Labute approximate surface area is 161 Å². The first-order valence-electron chi connectivity index (χ1n) is 11.0. The third-order valence-corrected chi connectivity index (χ3v) is 5.16. The number of nitrogens with two attached hydrogens (primary N) is 1. The molecule has 1 unspecified atom stereocenters. The average molecular weight is 370 g/mol. The second kappa shape index (κ2) is 16.1. The number of esters is 1. The number of carbonyl (C=O) groups excluding carboxylic acids is 2. The van der Waals surface area contributed by atoms with Gasteiger partial charge in [0.25, 0.3) is 5.91 Å². The summed E-state index contributed by atoms with van der Waals surface area (Å²) >= 11 is 0. The van der Waals surface area contributed by atoms with E-state index in [1.165, 1.54) is 71.1 Å². The Morgan fingerprint density at radius 2 is 1.08 bits per heavy atom. The first-order valence-corrected chi connectivity index (χ1v) is 11.0. The summed E-state index contributed by atoms with van der Waals surface area (Å²) in [5.41, 5.74) is 4.49. The molecule has 26 heavy (non-hydrogen) atoms. The molecule has 0 aliphatic carbocycles. The lowest BCUT2D eigenvalue weighted by atomic mass is 9.89. The highest BCUT2D eigenvalue weighted by Gasteiger charge is 2.38. The maximum Gasteiger partial charge on any atom is 0.303 e. The lowest BCUT2D eigenvalue weighted by Gasteiger charge is -2.30. The standard InChI is InChI=1S/C22H43NO3/c1-4-6-8-9-10-11-12-13-14-15-16-17-19-22(21(23)25,18-7-5-2)26-20(3)24/h4-19H2,1-3H3,(H2,23,25). The second-order valence-corrected chi connectivity index (χ2v) is 7.69. The molecule has 4 nitrogen and oxygen atoms in total. The van der Waals surface area contributed by atoms with E-state index in [4.69, 9.17) is 10.5 Å². The van der Waals surface area contributed by atoms with Crippen molar-refractivity contribution in [2.75, 3.05) is 0 Å². The molecule has 0 fully saturated rings. The monoisotopic (exact) mass is 369 g/mol. The van der Waals surface area contributed by atoms with Crippen LogP contribution >= 0.6 is 0 Å². The van der Waals surface area contributed by atoms with Gasteiger partial charge in [0.2, 0.25) is 0 Å². The second-order valence-electron chi connectivity index (χ2n) is 7.69. The zero-order valence-electron chi connectivity index (χ0n) is 17.6. The van der Waals surface area contributed by atoms with Crippen LogP contribution in [0.3, 0.4) is 0 Å². The zero-order chi connectivity index (χ0) is 19.7. The fraction of sp³-hybridized carbons (Fsp3) is 0.909. The van der Waals surface area contributed by atoms with Gasteiger partial charge in [-0.1, -0.05) is 90.9 Å². The highest BCUT2D eigenvalue weighted by Crippen LogP contribution is 2.27. The van der Waals surface area contributed by atoms with Crippen molar-refractivity contribution < 1.29 is 14.3 Å².